The van der Waals surface area contributed by atoms with Gasteiger partial charge in [-0.1, -0.05) is 12.1 Å². The zero-order chi connectivity index (χ0) is 17.8. The van der Waals surface area contributed by atoms with Crippen molar-refractivity contribution in [1.29, 1.82) is 0 Å². The first-order chi connectivity index (χ1) is 11.2. The SMILES string of the molecule is O=S(=O)(NCCNS(=O)(=O)c1cccc(F)c1)c1cccc(F)c1. The number of nitrogens with one attached hydrogen (secondary N) is 2. The first kappa shape index (κ1) is 18.5. The van der Waals surface area contributed by atoms with Crippen LogP contribution in [0, 0.1) is 11.6 Å². The van der Waals surface area contributed by atoms with Gasteiger partial charge >= 0.3 is 0 Å². The second-order valence-corrected chi connectivity index (χ2v) is 8.24. The molecule has 2 aromatic rings. The number of hydrogen-bond donors (Lipinski definition) is 2. The first-order valence-corrected chi connectivity index (χ1v) is 9.68. The topological polar surface area (TPSA) is 92.3 Å². The van der Waals surface area contributed by atoms with Crippen molar-refractivity contribution in [3.8, 4) is 0 Å². The molecule has 0 radical (unpaired) electrons. The van der Waals surface area contributed by atoms with Crippen LogP contribution in [0.2, 0.25) is 0 Å². The maximum absolute atomic E-state index is 13.0. The van der Waals surface area contributed by atoms with Crippen molar-refractivity contribution < 1.29 is 25.6 Å². The summed E-state index contributed by atoms with van der Waals surface area (Å²) in [4.78, 5) is -0.536. The van der Waals surface area contributed by atoms with Gasteiger partial charge in [0.2, 0.25) is 20.0 Å². The van der Waals surface area contributed by atoms with E-state index in [1.807, 2.05) is 0 Å². The lowest BCUT2D eigenvalue weighted by Gasteiger charge is -2.09. The van der Waals surface area contributed by atoms with Gasteiger partial charge < -0.3 is 0 Å². The van der Waals surface area contributed by atoms with E-state index in [9.17, 15) is 25.6 Å². The normalized spacial score (nSPS) is 12.2. The molecular weight excluding hydrogens is 362 g/mol. The van der Waals surface area contributed by atoms with E-state index in [1.165, 1.54) is 24.3 Å². The van der Waals surface area contributed by atoms with E-state index in [-0.39, 0.29) is 22.9 Å². The first-order valence-electron chi connectivity index (χ1n) is 6.71. The Balaban J connectivity index is 1.95. The van der Waals surface area contributed by atoms with Crippen LogP contribution in [0.25, 0.3) is 0 Å². The lowest BCUT2D eigenvalue weighted by molar-refractivity contribution is 0.567. The monoisotopic (exact) mass is 376 g/mol. The van der Waals surface area contributed by atoms with Crippen LogP contribution in [0.3, 0.4) is 0 Å². The summed E-state index contributed by atoms with van der Waals surface area (Å²) in [6, 6.07) is 8.81. The smallest absolute Gasteiger partial charge is 0.210 e. The molecule has 6 nitrogen and oxygen atoms in total. The second-order valence-electron chi connectivity index (χ2n) is 4.71. The third-order valence-corrected chi connectivity index (χ3v) is 5.84. The van der Waals surface area contributed by atoms with E-state index in [1.54, 1.807) is 0 Å². The molecule has 2 rings (SSSR count). The highest BCUT2D eigenvalue weighted by Crippen LogP contribution is 2.11. The third kappa shape index (κ3) is 4.81. The molecular formula is C14H14F2N2O4S2. The molecule has 0 saturated heterocycles. The number of hydrogen-bond acceptors (Lipinski definition) is 4. The number of sulfonamides is 2. The summed E-state index contributed by atoms with van der Waals surface area (Å²) < 4.78 is 78.1. The van der Waals surface area contributed by atoms with E-state index in [0.717, 1.165) is 24.3 Å². The minimum Gasteiger partial charge on any atom is -0.210 e. The van der Waals surface area contributed by atoms with Gasteiger partial charge in [0, 0.05) is 13.1 Å². The van der Waals surface area contributed by atoms with Gasteiger partial charge in [0.15, 0.2) is 0 Å². The molecule has 24 heavy (non-hydrogen) atoms. The zero-order valence-corrected chi connectivity index (χ0v) is 13.9. The van der Waals surface area contributed by atoms with Crippen molar-refractivity contribution in [1.82, 2.24) is 9.44 Å². The number of rotatable bonds is 7. The van der Waals surface area contributed by atoms with Crippen molar-refractivity contribution >= 4 is 20.0 Å². The summed E-state index contributed by atoms with van der Waals surface area (Å²) >= 11 is 0. The Morgan fingerprint density at radius 3 is 1.42 bits per heavy atom. The number of halogens is 2. The molecule has 0 atom stereocenters. The van der Waals surface area contributed by atoms with E-state index in [0.29, 0.717) is 0 Å². The van der Waals surface area contributed by atoms with Crippen LogP contribution >= 0.6 is 0 Å². The van der Waals surface area contributed by atoms with Gasteiger partial charge in [-0.25, -0.2) is 35.1 Å². The third-order valence-electron chi connectivity index (χ3n) is 2.92. The molecule has 0 bridgehead atoms. The molecule has 130 valence electrons. The van der Waals surface area contributed by atoms with Gasteiger partial charge in [-0.2, -0.15) is 0 Å². The van der Waals surface area contributed by atoms with E-state index in [2.05, 4.69) is 9.44 Å². The van der Waals surface area contributed by atoms with E-state index in [4.69, 9.17) is 0 Å². The highest BCUT2D eigenvalue weighted by molar-refractivity contribution is 7.89. The molecule has 0 heterocycles. The lowest BCUT2D eigenvalue weighted by atomic mass is 10.4. The molecule has 0 fully saturated rings. The fraction of sp³-hybridized carbons (Fsp3) is 0.143. The predicted molar refractivity (Wildman–Crippen MR) is 83.2 cm³/mol. The summed E-state index contributed by atoms with van der Waals surface area (Å²) in [5.41, 5.74) is 0. The molecule has 10 heteroatoms. The van der Waals surface area contributed by atoms with Crippen LogP contribution in [0.5, 0.6) is 0 Å². The van der Waals surface area contributed by atoms with Crippen molar-refractivity contribution in [3.63, 3.8) is 0 Å². The van der Waals surface area contributed by atoms with E-state index >= 15 is 0 Å². The summed E-state index contributed by atoms with van der Waals surface area (Å²) in [7, 11) is -7.91. The fourth-order valence-electron chi connectivity index (χ4n) is 1.81. The average molecular weight is 376 g/mol. The minimum atomic E-state index is -3.96. The van der Waals surface area contributed by atoms with E-state index < -0.39 is 31.7 Å². The Hall–Kier alpha value is -1.88. The maximum Gasteiger partial charge on any atom is 0.240 e. The van der Waals surface area contributed by atoms with Crippen molar-refractivity contribution in [2.45, 2.75) is 9.79 Å². The Kier molecular flexibility index (Phi) is 5.65. The predicted octanol–water partition coefficient (Wildman–Crippen LogP) is 1.22. The Labute approximate surface area is 138 Å². The van der Waals surface area contributed by atoms with Crippen LogP contribution in [0.4, 0.5) is 8.78 Å². The quantitative estimate of drug-likeness (QED) is 0.711. The van der Waals surface area contributed by atoms with Crippen LogP contribution in [-0.4, -0.2) is 29.9 Å². The molecule has 0 aliphatic rings. The van der Waals surface area contributed by atoms with Crippen molar-refractivity contribution in [2.24, 2.45) is 0 Å². The molecule has 0 aliphatic carbocycles. The molecule has 0 unspecified atom stereocenters. The summed E-state index contributed by atoms with van der Waals surface area (Å²) in [5, 5.41) is 0. The Morgan fingerprint density at radius 1 is 0.708 bits per heavy atom. The van der Waals surface area contributed by atoms with Gasteiger partial charge in [0.1, 0.15) is 11.6 Å². The summed E-state index contributed by atoms with van der Waals surface area (Å²) in [6.45, 7) is -0.513. The molecule has 0 spiro atoms. The van der Waals surface area contributed by atoms with Crippen LogP contribution in [0.15, 0.2) is 58.3 Å². The van der Waals surface area contributed by atoms with Gasteiger partial charge in [0.25, 0.3) is 0 Å². The number of benzene rings is 2. The van der Waals surface area contributed by atoms with Gasteiger partial charge in [-0.15, -0.1) is 0 Å². The lowest BCUT2D eigenvalue weighted by Crippen LogP contribution is -2.34. The zero-order valence-electron chi connectivity index (χ0n) is 12.2. The van der Waals surface area contributed by atoms with Crippen LogP contribution in [-0.2, 0) is 20.0 Å². The van der Waals surface area contributed by atoms with Crippen LogP contribution in [0.1, 0.15) is 0 Å². The molecule has 0 aromatic heterocycles. The standard InChI is InChI=1S/C14H14F2N2O4S2/c15-11-3-1-5-13(9-11)23(19,20)17-7-8-18-24(21,22)14-6-2-4-12(16)10-14/h1-6,9-10,17-18H,7-8H2. The molecule has 2 N–H and O–H groups in total. The summed E-state index contributed by atoms with van der Waals surface area (Å²) in [6.07, 6.45) is 0. The molecule has 0 saturated carbocycles. The molecule has 0 aliphatic heterocycles. The summed E-state index contributed by atoms with van der Waals surface area (Å²) in [5.74, 6) is -1.41. The molecule has 0 amide bonds. The van der Waals surface area contributed by atoms with Crippen molar-refractivity contribution in [3.05, 3.63) is 60.2 Å². The molecule has 2 aromatic carbocycles. The Morgan fingerprint density at radius 2 is 1.08 bits per heavy atom. The fourth-order valence-corrected chi connectivity index (χ4v) is 3.93. The van der Waals surface area contributed by atoms with Crippen molar-refractivity contribution in [2.75, 3.05) is 13.1 Å². The highest BCUT2D eigenvalue weighted by atomic mass is 32.2. The van der Waals surface area contributed by atoms with Gasteiger partial charge in [-0.05, 0) is 36.4 Å². The Bertz CT molecular complexity index is 854. The van der Waals surface area contributed by atoms with Crippen LogP contribution < -0.4 is 9.44 Å². The minimum absolute atomic E-state index is 0.257. The van der Waals surface area contributed by atoms with Gasteiger partial charge in [0.05, 0.1) is 9.79 Å². The second kappa shape index (κ2) is 7.34. The maximum atomic E-state index is 13.0. The average Bonchev–Trinajstić information content (AvgIpc) is 2.52. The van der Waals surface area contributed by atoms with Gasteiger partial charge in [-0.3, -0.25) is 0 Å². The highest BCUT2D eigenvalue weighted by Gasteiger charge is 2.16. The largest absolute Gasteiger partial charge is 0.240 e.